The number of nitrogens with zero attached hydrogens (tertiary/aromatic N) is 3. The molecule has 0 radical (unpaired) electrons. The highest BCUT2D eigenvalue weighted by Gasteiger charge is 2.56. The molecule has 4 rings (SSSR count). The van der Waals surface area contributed by atoms with E-state index in [1.807, 2.05) is 20.8 Å². The minimum atomic E-state index is -1.16. The number of carbonyl (C=O) groups is 3. The highest BCUT2D eigenvalue weighted by Crippen LogP contribution is 2.47. The molecule has 11 heteroatoms. The molecule has 0 bridgehead atoms. The van der Waals surface area contributed by atoms with Gasteiger partial charge >= 0.3 is 6.03 Å². The van der Waals surface area contributed by atoms with E-state index in [-0.39, 0.29) is 34.8 Å². The number of nitrogens with one attached hydrogen (secondary N) is 3. The Morgan fingerprint density at radius 3 is 2.38 bits per heavy atom. The van der Waals surface area contributed by atoms with Gasteiger partial charge in [-0.15, -0.1) is 0 Å². The van der Waals surface area contributed by atoms with E-state index >= 15 is 0 Å². The van der Waals surface area contributed by atoms with E-state index in [0.29, 0.717) is 31.0 Å². The number of benzene rings is 1. The third-order valence-corrected chi connectivity index (χ3v) is 7.35. The van der Waals surface area contributed by atoms with Crippen LogP contribution in [0, 0.1) is 16.6 Å². The van der Waals surface area contributed by atoms with Crippen molar-refractivity contribution in [2.75, 3.05) is 44.4 Å². The Morgan fingerprint density at radius 1 is 1.07 bits per heavy atom. The zero-order valence-corrected chi connectivity index (χ0v) is 23.8. The minimum absolute atomic E-state index is 0.0353. The molecule has 2 heterocycles. The molecule has 1 aliphatic carbocycles. The van der Waals surface area contributed by atoms with E-state index < -0.39 is 17.1 Å². The van der Waals surface area contributed by atoms with Crippen molar-refractivity contribution >= 4 is 29.4 Å². The van der Waals surface area contributed by atoms with Crippen LogP contribution in [0.1, 0.15) is 46.5 Å². The molecule has 2 aromatic rings. The minimum Gasteiger partial charge on any atom is -0.457 e. The number of urea groups is 1. The molecule has 0 atom stereocenters. The average Bonchev–Trinajstić information content (AvgIpc) is 3.71. The maximum Gasteiger partial charge on any atom is 0.323 e. The summed E-state index contributed by atoms with van der Waals surface area (Å²) in [6.07, 6.45) is 4.15. The van der Waals surface area contributed by atoms with Crippen molar-refractivity contribution in [3.8, 4) is 11.5 Å². The molecule has 2 fully saturated rings. The van der Waals surface area contributed by atoms with Gasteiger partial charge in [0.1, 0.15) is 28.5 Å². The van der Waals surface area contributed by atoms with Crippen LogP contribution in [0.4, 0.5) is 20.7 Å². The standard InChI is InChI=1S/C29H39FN6O4/c1-28(2,3)18-32-25(37)29(11-12-29)26(38)33-23-7-6-20(16-22(23)30)40-21-8-13-31-24(17-21)34-27(39)36(5)19-9-14-35(4)15-10-19/h6-8,13,16-17,19H,9-12,14-15,18H2,1-5H3,(H,32,37)(H,33,38)(H,31,34,39). The van der Waals surface area contributed by atoms with Gasteiger partial charge in [0.25, 0.3) is 0 Å². The summed E-state index contributed by atoms with van der Waals surface area (Å²) in [5.74, 6) is -0.683. The van der Waals surface area contributed by atoms with Gasteiger partial charge in [-0.05, 0) is 69.4 Å². The smallest absolute Gasteiger partial charge is 0.323 e. The molecule has 0 unspecified atom stereocenters. The first-order chi connectivity index (χ1) is 18.9. The average molecular weight is 555 g/mol. The van der Waals surface area contributed by atoms with Gasteiger partial charge in [-0.3, -0.25) is 14.9 Å². The van der Waals surface area contributed by atoms with E-state index in [1.165, 1.54) is 18.3 Å². The van der Waals surface area contributed by atoms with Crippen molar-refractivity contribution in [1.29, 1.82) is 0 Å². The molecule has 216 valence electrons. The molecule has 2 aliphatic rings. The summed E-state index contributed by atoms with van der Waals surface area (Å²) in [5.41, 5.74) is -1.31. The first-order valence-corrected chi connectivity index (χ1v) is 13.6. The summed E-state index contributed by atoms with van der Waals surface area (Å²) >= 11 is 0. The molecular weight excluding hydrogens is 515 g/mol. The third-order valence-electron chi connectivity index (χ3n) is 7.35. The Bertz CT molecular complexity index is 1250. The summed E-state index contributed by atoms with van der Waals surface area (Å²) in [4.78, 5) is 46.4. The highest BCUT2D eigenvalue weighted by atomic mass is 19.1. The first kappa shape index (κ1) is 29.3. The van der Waals surface area contributed by atoms with Crippen molar-refractivity contribution in [3.63, 3.8) is 0 Å². The van der Waals surface area contributed by atoms with Crippen LogP contribution in [0.3, 0.4) is 0 Å². The summed E-state index contributed by atoms with van der Waals surface area (Å²) in [6, 6.07) is 7.12. The second-order valence-corrected chi connectivity index (χ2v) is 12.0. The Hall–Kier alpha value is -3.73. The lowest BCUT2D eigenvalue weighted by Crippen LogP contribution is -2.46. The third kappa shape index (κ3) is 7.26. The number of anilines is 2. The van der Waals surface area contributed by atoms with Crippen LogP contribution in [0.5, 0.6) is 11.5 Å². The van der Waals surface area contributed by atoms with Crippen LogP contribution in [0.15, 0.2) is 36.5 Å². The van der Waals surface area contributed by atoms with E-state index in [4.69, 9.17) is 4.74 Å². The molecule has 1 aromatic heterocycles. The number of ether oxygens (including phenoxy) is 1. The number of piperidine rings is 1. The number of likely N-dealkylation sites (tertiary alicyclic amines) is 1. The second kappa shape index (κ2) is 11.8. The maximum atomic E-state index is 14.9. The molecule has 1 saturated heterocycles. The molecule has 4 amide bonds. The lowest BCUT2D eigenvalue weighted by molar-refractivity contribution is -0.134. The molecule has 1 saturated carbocycles. The van der Waals surface area contributed by atoms with Crippen LogP contribution in [0.25, 0.3) is 0 Å². The number of hydrogen-bond acceptors (Lipinski definition) is 6. The molecule has 40 heavy (non-hydrogen) atoms. The number of halogens is 1. The number of rotatable bonds is 8. The van der Waals surface area contributed by atoms with Crippen molar-refractivity contribution in [2.24, 2.45) is 10.8 Å². The zero-order valence-electron chi connectivity index (χ0n) is 23.8. The summed E-state index contributed by atoms with van der Waals surface area (Å²) < 4.78 is 20.7. The number of hydrogen-bond donors (Lipinski definition) is 3. The second-order valence-electron chi connectivity index (χ2n) is 12.0. The number of amides is 4. The van der Waals surface area contributed by atoms with E-state index in [0.717, 1.165) is 32.0 Å². The summed E-state index contributed by atoms with van der Waals surface area (Å²) in [5, 5.41) is 8.18. The Balaban J connectivity index is 1.34. The number of aromatic nitrogens is 1. The number of carbonyl (C=O) groups excluding carboxylic acids is 3. The lowest BCUT2D eigenvalue weighted by atomic mass is 9.96. The van der Waals surface area contributed by atoms with E-state index in [1.54, 1.807) is 24.1 Å². The Morgan fingerprint density at radius 2 is 1.75 bits per heavy atom. The SMILES string of the molecule is CN1CCC(N(C)C(=O)Nc2cc(Oc3ccc(NC(=O)C4(C(=O)NCC(C)(C)C)CC4)c(F)c3)ccn2)CC1. The summed E-state index contributed by atoms with van der Waals surface area (Å²) in [7, 11) is 3.85. The zero-order chi connectivity index (χ0) is 29.1. The fourth-order valence-electron chi connectivity index (χ4n) is 4.52. The normalized spacial score (nSPS) is 17.1. The predicted molar refractivity (Wildman–Crippen MR) is 151 cm³/mol. The van der Waals surface area contributed by atoms with Crippen LogP contribution >= 0.6 is 0 Å². The highest BCUT2D eigenvalue weighted by molar-refractivity contribution is 6.13. The van der Waals surface area contributed by atoms with Gasteiger partial charge in [0.2, 0.25) is 11.8 Å². The number of pyridine rings is 1. The molecule has 1 aromatic carbocycles. The Kier molecular flexibility index (Phi) is 8.62. The summed E-state index contributed by atoms with van der Waals surface area (Å²) in [6.45, 7) is 8.30. The van der Waals surface area contributed by atoms with Gasteiger partial charge in [-0.25, -0.2) is 14.2 Å². The Labute approximate surface area is 234 Å². The van der Waals surface area contributed by atoms with Crippen molar-refractivity contribution in [1.82, 2.24) is 20.1 Å². The van der Waals surface area contributed by atoms with Gasteiger partial charge < -0.3 is 25.2 Å². The van der Waals surface area contributed by atoms with Gasteiger partial charge in [0.15, 0.2) is 0 Å². The maximum absolute atomic E-state index is 14.9. The van der Waals surface area contributed by atoms with Crippen molar-refractivity contribution in [3.05, 3.63) is 42.3 Å². The predicted octanol–water partition coefficient (Wildman–Crippen LogP) is 4.45. The fourth-order valence-corrected chi connectivity index (χ4v) is 4.52. The van der Waals surface area contributed by atoms with Crippen LogP contribution < -0.4 is 20.7 Å². The van der Waals surface area contributed by atoms with Crippen LogP contribution in [-0.2, 0) is 9.59 Å². The van der Waals surface area contributed by atoms with E-state index in [9.17, 15) is 18.8 Å². The fraction of sp³-hybridized carbons (Fsp3) is 0.517. The lowest BCUT2D eigenvalue weighted by Gasteiger charge is -2.34. The van der Waals surface area contributed by atoms with Crippen molar-refractivity contribution in [2.45, 2.75) is 52.5 Å². The van der Waals surface area contributed by atoms with Gasteiger partial charge in [-0.1, -0.05) is 20.8 Å². The molecule has 10 nitrogen and oxygen atoms in total. The van der Waals surface area contributed by atoms with Crippen LogP contribution in [-0.4, -0.2) is 72.4 Å². The topological polar surface area (TPSA) is 116 Å². The van der Waals surface area contributed by atoms with E-state index in [2.05, 4.69) is 32.9 Å². The first-order valence-electron chi connectivity index (χ1n) is 13.6. The van der Waals surface area contributed by atoms with Gasteiger partial charge in [-0.2, -0.15) is 0 Å². The molecular formula is C29H39FN6O4. The largest absolute Gasteiger partial charge is 0.457 e. The van der Waals surface area contributed by atoms with Gasteiger partial charge in [0.05, 0.1) is 5.69 Å². The molecule has 1 aliphatic heterocycles. The monoisotopic (exact) mass is 554 g/mol. The quantitative estimate of drug-likeness (QED) is 0.415. The van der Waals surface area contributed by atoms with Crippen LogP contribution in [0.2, 0.25) is 0 Å². The molecule has 0 spiro atoms. The van der Waals surface area contributed by atoms with Crippen molar-refractivity contribution < 1.29 is 23.5 Å². The molecule has 3 N–H and O–H groups in total. The van der Waals surface area contributed by atoms with Gasteiger partial charge in [0, 0.05) is 38.0 Å².